The van der Waals surface area contributed by atoms with E-state index in [9.17, 15) is 8.42 Å². The number of nitrogens with one attached hydrogen (secondary N) is 1. The van der Waals surface area contributed by atoms with Crippen LogP contribution in [0.25, 0.3) is 0 Å². The summed E-state index contributed by atoms with van der Waals surface area (Å²) in [6, 6.07) is 13.2. The molecule has 2 aromatic carbocycles. The van der Waals surface area contributed by atoms with Crippen molar-refractivity contribution in [2.45, 2.75) is 56.0 Å². The standard InChI is InChI=1S/C23H31NO4S/c1-5-7-13-23(6-2)16-29(25,26)21-15-20(28-4)19(27-3)14-18(21)22(24-23)17-11-9-8-10-12-17/h8-12,14-15,22,24H,5-7,13,16H2,1-4H3/t22-,23-/m0/s1. The molecule has 0 amide bonds. The molecule has 0 unspecified atom stereocenters. The number of unbranched alkanes of at least 4 members (excludes halogenated alkanes) is 1. The summed E-state index contributed by atoms with van der Waals surface area (Å²) in [6.07, 6.45) is 3.54. The number of rotatable bonds is 7. The zero-order valence-corrected chi connectivity index (χ0v) is 18.5. The number of methoxy groups -OCH3 is 2. The summed E-state index contributed by atoms with van der Waals surface area (Å²) in [6.45, 7) is 4.20. The Bertz CT molecular complexity index is 943. The van der Waals surface area contributed by atoms with Crippen molar-refractivity contribution in [2.24, 2.45) is 0 Å². The Morgan fingerprint density at radius 2 is 1.72 bits per heavy atom. The molecule has 1 heterocycles. The molecular formula is C23H31NO4S. The molecule has 1 aliphatic heterocycles. The average Bonchev–Trinajstić information content (AvgIpc) is 2.84. The van der Waals surface area contributed by atoms with Gasteiger partial charge in [0.15, 0.2) is 21.3 Å². The summed E-state index contributed by atoms with van der Waals surface area (Å²) < 4.78 is 38.0. The minimum absolute atomic E-state index is 0.0717. The van der Waals surface area contributed by atoms with Gasteiger partial charge in [-0.2, -0.15) is 0 Å². The number of hydrogen-bond acceptors (Lipinski definition) is 5. The Morgan fingerprint density at radius 3 is 2.31 bits per heavy atom. The number of sulfone groups is 1. The van der Waals surface area contributed by atoms with Crippen LogP contribution in [0.5, 0.6) is 11.5 Å². The lowest BCUT2D eigenvalue weighted by atomic mass is 9.88. The fourth-order valence-electron chi connectivity index (χ4n) is 4.19. The highest BCUT2D eigenvalue weighted by atomic mass is 32.2. The number of hydrogen-bond donors (Lipinski definition) is 1. The number of benzene rings is 2. The second-order valence-corrected chi connectivity index (χ2v) is 9.69. The van der Waals surface area contributed by atoms with Crippen LogP contribution >= 0.6 is 0 Å². The first-order valence-electron chi connectivity index (χ1n) is 10.2. The van der Waals surface area contributed by atoms with Crippen molar-refractivity contribution in [3.05, 3.63) is 53.6 Å². The van der Waals surface area contributed by atoms with Gasteiger partial charge in [0.1, 0.15) is 0 Å². The van der Waals surface area contributed by atoms with Gasteiger partial charge >= 0.3 is 0 Å². The molecule has 1 N–H and O–H groups in total. The average molecular weight is 418 g/mol. The van der Waals surface area contributed by atoms with Crippen LogP contribution in [0.2, 0.25) is 0 Å². The van der Waals surface area contributed by atoms with E-state index in [2.05, 4.69) is 19.2 Å². The molecule has 0 spiro atoms. The zero-order chi connectivity index (χ0) is 21.1. The minimum Gasteiger partial charge on any atom is -0.493 e. The first kappa shape index (κ1) is 21.7. The predicted octanol–water partition coefficient (Wildman–Crippen LogP) is 4.51. The molecule has 29 heavy (non-hydrogen) atoms. The van der Waals surface area contributed by atoms with Crippen molar-refractivity contribution in [1.82, 2.24) is 5.32 Å². The number of fused-ring (bicyclic) bond motifs is 1. The molecule has 0 radical (unpaired) electrons. The molecular weight excluding hydrogens is 386 g/mol. The van der Waals surface area contributed by atoms with Crippen LogP contribution in [0.15, 0.2) is 47.4 Å². The Labute approximate surface area is 174 Å². The maximum atomic E-state index is 13.5. The summed E-state index contributed by atoms with van der Waals surface area (Å²) in [7, 11) is -0.432. The maximum Gasteiger partial charge on any atom is 0.180 e. The molecule has 0 bridgehead atoms. The third-order valence-corrected chi connectivity index (χ3v) is 7.85. The highest BCUT2D eigenvalue weighted by Gasteiger charge is 2.42. The molecule has 2 atom stereocenters. The maximum absolute atomic E-state index is 13.5. The zero-order valence-electron chi connectivity index (χ0n) is 17.7. The van der Waals surface area contributed by atoms with Gasteiger partial charge in [-0.3, -0.25) is 5.32 Å². The van der Waals surface area contributed by atoms with Crippen molar-refractivity contribution in [3.63, 3.8) is 0 Å². The first-order chi connectivity index (χ1) is 13.9. The second-order valence-electron chi connectivity index (χ2n) is 7.73. The summed E-state index contributed by atoms with van der Waals surface area (Å²) in [4.78, 5) is 0.323. The van der Waals surface area contributed by atoms with Crippen molar-refractivity contribution < 1.29 is 17.9 Å². The number of ether oxygens (including phenoxy) is 2. The van der Waals surface area contributed by atoms with Gasteiger partial charge in [-0.25, -0.2) is 8.42 Å². The second kappa shape index (κ2) is 8.76. The first-order valence-corrected chi connectivity index (χ1v) is 11.9. The van der Waals surface area contributed by atoms with Gasteiger partial charge in [0, 0.05) is 11.6 Å². The lowest BCUT2D eigenvalue weighted by Crippen LogP contribution is -2.50. The van der Waals surface area contributed by atoms with E-state index >= 15 is 0 Å². The molecule has 2 aromatic rings. The van der Waals surface area contributed by atoms with E-state index in [0.29, 0.717) is 22.0 Å². The Balaban J connectivity index is 2.27. The Hall–Kier alpha value is -2.05. The van der Waals surface area contributed by atoms with Gasteiger partial charge in [0.05, 0.1) is 30.9 Å². The molecule has 6 heteroatoms. The van der Waals surface area contributed by atoms with Crippen molar-refractivity contribution in [3.8, 4) is 11.5 Å². The molecule has 0 aliphatic carbocycles. The van der Waals surface area contributed by atoms with E-state index < -0.39 is 15.4 Å². The van der Waals surface area contributed by atoms with E-state index in [4.69, 9.17) is 9.47 Å². The quantitative estimate of drug-likeness (QED) is 0.718. The van der Waals surface area contributed by atoms with E-state index in [1.165, 1.54) is 7.11 Å². The molecule has 3 rings (SSSR count). The summed E-state index contributed by atoms with van der Waals surface area (Å²) in [5, 5.41) is 3.76. The fourth-order valence-corrected chi connectivity index (χ4v) is 6.32. The normalized spacial score (nSPS) is 23.1. The van der Waals surface area contributed by atoms with E-state index in [0.717, 1.165) is 31.2 Å². The highest BCUT2D eigenvalue weighted by Crippen LogP contribution is 2.42. The van der Waals surface area contributed by atoms with E-state index in [-0.39, 0.29) is 11.8 Å². The molecule has 0 fully saturated rings. The van der Waals surface area contributed by atoms with Gasteiger partial charge in [0.25, 0.3) is 0 Å². The molecule has 0 saturated heterocycles. The van der Waals surface area contributed by atoms with Crippen molar-refractivity contribution in [2.75, 3.05) is 20.0 Å². The lowest BCUT2D eigenvalue weighted by Gasteiger charge is -2.36. The van der Waals surface area contributed by atoms with Crippen LogP contribution in [0.1, 0.15) is 56.7 Å². The van der Waals surface area contributed by atoms with Gasteiger partial charge in [-0.05, 0) is 30.0 Å². The summed E-state index contributed by atoms with van der Waals surface area (Å²) >= 11 is 0. The SMILES string of the molecule is CCCC[C@@]1(CC)CS(=O)(=O)c2cc(OC)c(OC)cc2[C@H](c2ccccc2)N1. The summed E-state index contributed by atoms with van der Waals surface area (Å²) in [5.74, 6) is 1.03. The largest absolute Gasteiger partial charge is 0.493 e. The highest BCUT2D eigenvalue weighted by molar-refractivity contribution is 7.91. The minimum atomic E-state index is -3.53. The molecule has 158 valence electrons. The topological polar surface area (TPSA) is 64.6 Å². The molecule has 0 aromatic heterocycles. The smallest absolute Gasteiger partial charge is 0.180 e. The van der Waals surface area contributed by atoms with E-state index in [1.54, 1.807) is 13.2 Å². The van der Waals surface area contributed by atoms with Gasteiger partial charge < -0.3 is 9.47 Å². The van der Waals surface area contributed by atoms with Gasteiger partial charge in [-0.1, -0.05) is 57.0 Å². The Kier molecular flexibility index (Phi) is 6.54. The Morgan fingerprint density at radius 1 is 1.07 bits per heavy atom. The monoisotopic (exact) mass is 417 g/mol. The van der Waals surface area contributed by atoms with Crippen LogP contribution in [0.4, 0.5) is 0 Å². The van der Waals surface area contributed by atoms with Crippen molar-refractivity contribution in [1.29, 1.82) is 0 Å². The van der Waals surface area contributed by atoms with E-state index in [1.807, 2.05) is 36.4 Å². The molecule has 1 aliphatic rings. The van der Waals surface area contributed by atoms with Gasteiger partial charge in [0.2, 0.25) is 0 Å². The molecule has 0 saturated carbocycles. The third-order valence-electron chi connectivity index (χ3n) is 5.90. The van der Waals surface area contributed by atoms with Crippen LogP contribution in [0, 0.1) is 0 Å². The predicted molar refractivity (Wildman–Crippen MR) is 116 cm³/mol. The lowest BCUT2D eigenvalue weighted by molar-refractivity contribution is 0.294. The third kappa shape index (κ3) is 4.28. The van der Waals surface area contributed by atoms with Gasteiger partial charge in [-0.15, -0.1) is 0 Å². The molecule has 5 nitrogen and oxygen atoms in total. The van der Waals surface area contributed by atoms with Crippen LogP contribution in [0.3, 0.4) is 0 Å². The van der Waals surface area contributed by atoms with Crippen molar-refractivity contribution >= 4 is 9.84 Å². The van der Waals surface area contributed by atoms with Crippen LogP contribution < -0.4 is 14.8 Å². The van der Waals surface area contributed by atoms with Crippen LogP contribution in [-0.4, -0.2) is 33.9 Å². The summed E-state index contributed by atoms with van der Waals surface area (Å²) in [5.41, 5.74) is 1.25. The van der Waals surface area contributed by atoms with Crippen LogP contribution in [-0.2, 0) is 9.84 Å². The fraction of sp³-hybridized carbons (Fsp3) is 0.478.